The molecular formula is C24H25F3N2O3. The quantitative estimate of drug-likeness (QED) is 0.534. The molecule has 32 heavy (non-hydrogen) atoms. The van der Waals surface area contributed by atoms with Crippen molar-refractivity contribution in [3.05, 3.63) is 65.5 Å². The van der Waals surface area contributed by atoms with E-state index < -0.39 is 17.4 Å². The van der Waals surface area contributed by atoms with Crippen LogP contribution < -0.4 is 0 Å². The maximum absolute atomic E-state index is 14.3. The minimum absolute atomic E-state index is 0.124. The van der Waals surface area contributed by atoms with Gasteiger partial charge in [0.1, 0.15) is 0 Å². The number of aliphatic hydroxyl groups excluding tert-OH is 1. The van der Waals surface area contributed by atoms with Gasteiger partial charge >= 0.3 is 6.18 Å². The summed E-state index contributed by atoms with van der Waals surface area (Å²) >= 11 is 0. The van der Waals surface area contributed by atoms with Crippen molar-refractivity contribution in [3.8, 4) is 22.3 Å². The fourth-order valence-corrected chi connectivity index (χ4v) is 4.29. The Morgan fingerprint density at radius 1 is 1.06 bits per heavy atom. The number of aromatic nitrogens is 2. The zero-order chi connectivity index (χ0) is 23.3. The molecule has 0 bridgehead atoms. The Kier molecular flexibility index (Phi) is 5.43. The molecule has 1 heterocycles. The lowest BCUT2D eigenvalue weighted by Gasteiger charge is -2.29. The van der Waals surface area contributed by atoms with Crippen LogP contribution >= 0.6 is 0 Å². The minimum atomic E-state index is -4.93. The number of aliphatic hydroxyl groups is 3. The number of halogens is 3. The SMILES string of the molecule is CC(C)(O)CCc1cc(-c2cnn(CCO)c2)c2c(c1)C(O)(C(F)(F)F)c1ccccc1-2. The highest BCUT2D eigenvalue weighted by atomic mass is 19.4. The molecular weight excluding hydrogens is 421 g/mol. The van der Waals surface area contributed by atoms with Crippen molar-refractivity contribution in [1.82, 2.24) is 9.78 Å². The molecule has 0 spiro atoms. The van der Waals surface area contributed by atoms with Gasteiger partial charge in [0.05, 0.1) is 24.9 Å². The fourth-order valence-electron chi connectivity index (χ4n) is 4.29. The molecule has 1 aliphatic rings. The van der Waals surface area contributed by atoms with Crippen LogP contribution in [0.3, 0.4) is 0 Å². The van der Waals surface area contributed by atoms with Gasteiger partial charge in [0.25, 0.3) is 0 Å². The normalized spacial score (nSPS) is 18.0. The van der Waals surface area contributed by atoms with Crippen LogP contribution in [0.4, 0.5) is 13.2 Å². The first-order valence-corrected chi connectivity index (χ1v) is 10.4. The maximum atomic E-state index is 14.3. The Labute approximate surface area is 183 Å². The van der Waals surface area contributed by atoms with Gasteiger partial charge in [-0.15, -0.1) is 0 Å². The van der Waals surface area contributed by atoms with E-state index in [1.54, 1.807) is 44.4 Å². The highest BCUT2D eigenvalue weighted by Crippen LogP contribution is 2.57. The number of alkyl halides is 3. The summed E-state index contributed by atoms with van der Waals surface area (Å²) in [5.74, 6) is 0. The van der Waals surface area contributed by atoms with E-state index in [2.05, 4.69) is 5.10 Å². The lowest BCUT2D eigenvalue weighted by molar-refractivity contribution is -0.246. The van der Waals surface area contributed by atoms with Crippen molar-refractivity contribution < 1.29 is 28.5 Å². The molecule has 0 saturated carbocycles. The first-order chi connectivity index (χ1) is 15.0. The number of hydrogen-bond donors (Lipinski definition) is 3. The molecule has 0 aliphatic heterocycles. The van der Waals surface area contributed by atoms with Crippen LogP contribution in [0.25, 0.3) is 22.3 Å². The summed E-state index contributed by atoms with van der Waals surface area (Å²) in [6.07, 6.45) is -1.05. The van der Waals surface area contributed by atoms with Crippen LogP contribution in [0.15, 0.2) is 48.8 Å². The zero-order valence-corrected chi connectivity index (χ0v) is 17.8. The average molecular weight is 446 g/mol. The molecule has 0 amide bonds. The van der Waals surface area contributed by atoms with Crippen molar-refractivity contribution in [3.63, 3.8) is 0 Å². The molecule has 3 N–H and O–H groups in total. The highest BCUT2D eigenvalue weighted by molar-refractivity contribution is 5.92. The van der Waals surface area contributed by atoms with Gasteiger partial charge in [0.15, 0.2) is 0 Å². The van der Waals surface area contributed by atoms with Crippen LogP contribution in [0.2, 0.25) is 0 Å². The monoisotopic (exact) mass is 446 g/mol. The number of rotatable bonds is 6. The molecule has 1 aromatic heterocycles. The first kappa shape index (κ1) is 22.5. The molecule has 1 unspecified atom stereocenters. The Bertz CT molecular complexity index is 1150. The second-order valence-electron chi connectivity index (χ2n) is 8.85. The molecule has 0 fully saturated rings. The van der Waals surface area contributed by atoms with Crippen molar-refractivity contribution in [2.75, 3.05) is 6.61 Å². The highest BCUT2D eigenvalue weighted by Gasteiger charge is 2.61. The van der Waals surface area contributed by atoms with Crippen molar-refractivity contribution in [2.45, 2.75) is 50.6 Å². The van der Waals surface area contributed by atoms with E-state index in [1.165, 1.54) is 22.9 Å². The molecule has 5 nitrogen and oxygen atoms in total. The maximum Gasteiger partial charge on any atom is 0.425 e. The third-order valence-corrected chi connectivity index (χ3v) is 5.88. The number of fused-ring (bicyclic) bond motifs is 3. The van der Waals surface area contributed by atoms with E-state index in [1.807, 2.05) is 0 Å². The topological polar surface area (TPSA) is 78.5 Å². The molecule has 3 aromatic rings. The third kappa shape index (κ3) is 3.72. The number of benzene rings is 2. The van der Waals surface area contributed by atoms with E-state index in [0.29, 0.717) is 40.7 Å². The van der Waals surface area contributed by atoms with E-state index in [0.717, 1.165) is 0 Å². The Morgan fingerprint density at radius 2 is 1.78 bits per heavy atom. The van der Waals surface area contributed by atoms with Gasteiger partial charge in [0.2, 0.25) is 5.60 Å². The van der Waals surface area contributed by atoms with Gasteiger partial charge in [-0.3, -0.25) is 4.68 Å². The van der Waals surface area contributed by atoms with Gasteiger partial charge in [-0.2, -0.15) is 18.3 Å². The van der Waals surface area contributed by atoms with Gasteiger partial charge in [-0.1, -0.05) is 36.4 Å². The van der Waals surface area contributed by atoms with Crippen molar-refractivity contribution in [2.24, 2.45) is 0 Å². The van der Waals surface area contributed by atoms with Crippen LogP contribution in [-0.2, 0) is 18.6 Å². The van der Waals surface area contributed by atoms with Crippen LogP contribution in [0, 0.1) is 0 Å². The summed E-state index contributed by atoms with van der Waals surface area (Å²) in [6.45, 7) is 3.41. The van der Waals surface area contributed by atoms with Crippen molar-refractivity contribution in [1.29, 1.82) is 0 Å². The summed E-state index contributed by atoms with van der Waals surface area (Å²) in [5.41, 5.74) is -2.24. The predicted molar refractivity (Wildman–Crippen MR) is 114 cm³/mol. The van der Waals surface area contributed by atoms with E-state index in [4.69, 9.17) is 0 Å². The van der Waals surface area contributed by atoms with Crippen LogP contribution in [0.5, 0.6) is 0 Å². The first-order valence-electron chi connectivity index (χ1n) is 10.4. The number of nitrogens with zero attached hydrogens (tertiary/aromatic N) is 2. The largest absolute Gasteiger partial charge is 0.425 e. The third-order valence-electron chi connectivity index (χ3n) is 5.88. The molecule has 4 rings (SSSR count). The Hall–Kier alpha value is -2.68. The Balaban J connectivity index is 1.98. The smallest absolute Gasteiger partial charge is 0.394 e. The van der Waals surface area contributed by atoms with Gasteiger partial charge in [-0.05, 0) is 48.9 Å². The molecule has 2 aromatic carbocycles. The molecule has 0 radical (unpaired) electrons. The fraction of sp³-hybridized carbons (Fsp3) is 0.375. The van der Waals surface area contributed by atoms with E-state index in [9.17, 15) is 28.5 Å². The van der Waals surface area contributed by atoms with Gasteiger partial charge in [0, 0.05) is 22.9 Å². The molecule has 8 heteroatoms. The summed E-state index contributed by atoms with van der Waals surface area (Å²) in [7, 11) is 0. The lowest BCUT2D eigenvalue weighted by atomic mass is 9.86. The van der Waals surface area contributed by atoms with E-state index in [-0.39, 0.29) is 24.3 Å². The van der Waals surface area contributed by atoms with Crippen LogP contribution in [0.1, 0.15) is 37.0 Å². The molecule has 1 aliphatic carbocycles. The molecule has 170 valence electrons. The standard InChI is InChI=1S/C24H25F3N2O3/c1-22(2,31)8-7-15-11-18(16-13-28-29(14-16)9-10-30)21-17-5-3-4-6-19(17)23(32,20(21)12-15)24(25,26)27/h3-6,11-14,30-32H,7-10H2,1-2H3. The van der Waals surface area contributed by atoms with Gasteiger partial charge < -0.3 is 15.3 Å². The summed E-state index contributed by atoms with van der Waals surface area (Å²) in [6, 6.07) is 9.20. The second kappa shape index (κ2) is 7.72. The van der Waals surface area contributed by atoms with E-state index >= 15 is 0 Å². The van der Waals surface area contributed by atoms with Gasteiger partial charge in [-0.25, -0.2) is 0 Å². The molecule has 1 atom stereocenters. The average Bonchev–Trinajstić information content (AvgIpc) is 3.28. The number of aryl methyl sites for hydroxylation is 1. The zero-order valence-electron chi connectivity index (χ0n) is 17.8. The lowest BCUT2D eigenvalue weighted by Crippen LogP contribution is -2.41. The predicted octanol–water partition coefficient (Wildman–Crippen LogP) is 4.02. The number of hydrogen-bond acceptors (Lipinski definition) is 4. The second-order valence-corrected chi connectivity index (χ2v) is 8.85. The minimum Gasteiger partial charge on any atom is -0.394 e. The summed E-state index contributed by atoms with van der Waals surface area (Å²) in [4.78, 5) is 0. The summed E-state index contributed by atoms with van der Waals surface area (Å²) in [5, 5.41) is 34.6. The molecule has 0 saturated heterocycles. The van der Waals surface area contributed by atoms with Crippen LogP contribution in [-0.4, -0.2) is 43.5 Å². The summed E-state index contributed by atoms with van der Waals surface area (Å²) < 4.78 is 44.5. The van der Waals surface area contributed by atoms with Crippen molar-refractivity contribution >= 4 is 0 Å². The Morgan fingerprint density at radius 3 is 2.44 bits per heavy atom.